The molecule has 0 saturated carbocycles. The van der Waals surface area contributed by atoms with Gasteiger partial charge in [0.15, 0.2) is 0 Å². The molecule has 0 aliphatic carbocycles. The molecule has 0 unspecified atom stereocenters. The predicted molar refractivity (Wildman–Crippen MR) is 103 cm³/mol. The van der Waals surface area contributed by atoms with Crippen LogP contribution in [0.5, 0.6) is 0 Å². The van der Waals surface area contributed by atoms with Crippen LogP contribution >= 0.6 is 0 Å². The molecule has 2 rings (SSSR count). The lowest BCUT2D eigenvalue weighted by molar-refractivity contribution is -0.123. The number of carboxylic acids is 1. The van der Waals surface area contributed by atoms with Crippen molar-refractivity contribution in [3.8, 4) is 0 Å². The number of rotatable bonds is 4. The molecule has 1 aromatic carbocycles. The van der Waals surface area contributed by atoms with E-state index in [-0.39, 0.29) is 22.9 Å². The fraction of sp³-hybridized carbons (Fsp3) is 0.300. The highest BCUT2D eigenvalue weighted by Gasteiger charge is 2.22. The van der Waals surface area contributed by atoms with Crippen molar-refractivity contribution in [2.45, 2.75) is 34.6 Å². The minimum absolute atomic E-state index is 0.0501. The summed E-state index contributed by atoms with van der Waals surface area (Å²) in [6.45, 7) is 8.85. The predicted octanol–water partition coefficient (Wildman–Crippen LogP) is 3.63. The Kier molecular flexibility index (Phi) is 5.64. The maximum atomic E-state index is 12.4. The van der Waals surface area contributed by atoms with Crippen LogP contribution in [-0.2, 0) is 4.79 Å². The van der Waals surface area contributed by atoms with Crippen LogP contribution in [0, 0.1) is 19.3 Å². The van der Waals surface area contributed by atoms with E-state index in [2.05, 4.69) is 15.6 Å². The molecule has 3 N–H and O–H groups in total. The fourth-order valence-electron chi connectivity index (χ4n) is 2.25. The van der Waals surface area contributed by atoms with Crippen LogP contribution in [0.4, 0.5) is 11.4 Å². The van der Waals surface area contributed by atoms with Gasteiger partial charge >= 0.3 is 5.97 Å². The molecule has 0 aliphatic heterocycles. The normalized spacial score (nSPS) is 11.0. The highest BCUT2D eigenvalue weighted by molar-refractivity contribution is 6.04. The van der Waals surface area contributed by atoms with Crippen molar-refractivity contribution in [2.75, 3.05) is 10.6 Å². The number of amides is 2. The van der Waals surface area contributed by atoms with E-state index in [9.17, 15) is 14.4 Å². The minimum Gasteiger partial charge on any atom is -0.478 e. The second-order valence-electron chi connectivity index (χ2n) is 7.32. The molecule has 0 spiro atoms. The largest absolute Gasteiger partial charge is 0.478 e. The van der Waals surface area contributed by atoms with Crippen LogP contribution in [0.25, 0.3) is 0 Å². The molecule has 1 heterocycles. The van der Waals surface area contributed by atoms with E-state index in [0.29, 0.717) is 11.4 Å². The Labute approximate surface area is 157 Å². The summed E-state index contributed by atoms with van der Waals surface area (Å²) in [5, 5.41) is 14.6. The zero-order valence-electron chi connectivity index (χ0n) is 16.0. The molecule has 7 heteroatoms. The van der Waals surface area contributed by atoms with E-state index in [0.717, 1.165) is 5.56 Å². The molecular weight excluding hydrogens is 346 g/mol. The summed E-state index contributed by atoms with van der Waals surface area (Å²) in [5.41, 5.74) is 1.85. The van der Waals surface area contributed by atoms with Crippen LogP contribution < -0.4 is 10.6 Å². The van der Waals surface area contributed by atoms with E-state index >= 15 is 0 Å². The van der Waals surface area contributed by atoms with Gasteiger partial charge in [0.2, 0.25) is 5.91 Å². The smallest absolute Gasteiger partial charge is 0.337 e. The standard InChI is InChI=1S/C20H23N3O4/c1-11-6-7-13(10-16(11)23-19(27)20(3,4)5)22-17(24)15-9-8-14(18(25)26)12(2)21-15/h6-10H,1-5H3,(H,22,24)(H,23,27)(H,25,26). The number of carbonyl (C=O) groups excluding carboxylic acids is 2. The van der Waals surface area contributed by atoms with Gasteiger partial charge in [-0.15, -0.1) is 0 Å². The zero-order chi connectivity index (χ0) is 20.4. The quantitative estimate of drug-likeness (QED) is 0.762. The maximum absolute atomic E-state index is 12.4. The second kappa shape index (κ2) is 7.57. The van der Waals surface area contributed by atoms with Gasteiger partial charge in [0, 0.05) is 16.8 Å². The lowest BCUT2D eigenvalue weighted by Crippen LogP contribution is -2.28. The van der Waals surface area contributed by atoms with Crippen molar-refractivity contribution in [1.82, 2.24) is 4.98 Å². The number of nitrogens with one attached hydrogen (secondary N) is 2. The summed E-state index contributed by atoms with van der Waals surface area (Å²) in [5.74, 6) is -1.69. The average molecular weight is 369 g/mol. The fourth-order valence-corrected chi connectivity index (χ4v) is 2.25. The van der Waals surface area contributed by atoms with Crippen LogP contribution in [0.1, 0.15) is 52.9 Å². The van der Waals surface area contributed by atoms with Crippen LogP contribution in [-0.4, -0.2) is 27.9 Å². The summed E-state index contributed by atoms with van der Waals surface area (Å²) in [6.07, 6.45) is 0. The van der Waals surface area contributed by atoms with Crippen molar-refractivity contribution in [3.63, 3.8) is 0 Å². The van der Waals surface area contributed by atoms with Crippen LogP contribution in [0.2, 0.25) is 0 Å². The Morgan fingerprint density at radius 2 is 1.67 bits per heavy atom. The van der Waals surface area contributed by atoms with Gasteiger partial charge in [0.25, 0.3) is 5.91 Å². The van der Waals surface area contributed by atoms with Gasteiger partial charge in [-0.05, 0) is 43.7 Å². The molecule has 0 fully saturated rings. The minimum atomic E-state index is -1.09. The molecule has 0 atom stereocenters. The number of carbonyl (C=O) groups is 3. The summed E-state index contributed by atoms with van der Waals surface area (Å²) in [4.78, 5) is 39.7. The second-order valence-corrected chi connectivity index (χ2v) is 7.32. The molecule has 0 saturated heterocycles. The number of benzene rings is 1. The maximum Gasteiger partial charge on any atom is 0.337 e. The van der Waals surface area contributed by atoms with Gasteiger partial charge in [-0.25, -0.2) is 9.78 Å². The van der Waals surface area contributed by atoms with Crippen molar-refractivity contribution >= 4 is 29.2 Å². The first-order valence-corrected chi connectivity index (χ1v) is 8.43. The summed E-state index contributed by atoms with van der Waals surface area (Å²) < 4.78 is 0. The number of aromatic carboxylic acids is 1. The highest BCUT2D eigenvalue weighted by atomic mass is 16.4. The Balaban J connectivity index is 2.21. The molecule has 2 amide bonds. The lowest BCUT2D eigenvalue weighted by atomic mass is 9.95. The molecule has 0 bridgehead atoms. The number of aromatic nitrogens is 1. The molecule has 142 valence electrons. The Morgan fingerprint density at radius 3 is 2.22 bits per heavy atom. The zero-order valence-corrected chi connectivity index (χ0v) is 16.0. The topological polar surface area (TPSA) is 108 Å². The average Bonchev–Trinajstić information content (AvgIpc) is 2.56. The van der Waals surface area contributed by atoms with Crippen molar-refractivity contribution < 1.29 is 19.5 Å². The number of hydrogen-bond acceptors (Lipinski definition) is 4. The highest BCUT2D eigenvalue weighted by Crippen LogP contribution is 2.24. The number of hydrogen-bond donors (Lipinski definition) is 3. The number of anilines is 2. The monoisotopic (exact) mass is 369 g/mol. The molecule has 7 nitrogen and oxygen atoms in total. The molecular formula is C20H23N3O4. The van der Waals surface area contributed by atoms with Gasteiger partial charge in [-0.1, -0.05) is 26.8 Å². The number of pyridine rings is 1. The van der Waals surface area contributed by atoms with Crippen LogP contribution in [0.15, 0.2) is 30.3 Å². The van der Waals surface area contributed by atoms with Gasteiger partial charge < -0.3 is 15.7 Å². The van der Waals surface area contributed by atoms with E-state index < -0.39 is 17.3 Å². The van der Waals surface area contributed by atoms with Gasteiger partial charge in [0.05, 0.1) is 11.3 Å². The third kappa shape index (κ3) is 4.91. The molecule has 0 radical (unpaired) electrons. The Morgan fingerprint density at radius 1 is 1.00 bits per heavy atom. The van der Waals surface area contributed by atoms with Crippen molar-refractivity contribution in [3.05, 3.63) is 52.8 Å². The number of nitrogens with zero attached hydrogens (tertiary/aromatic N) is 1. The molecule has 1 aromatic heterocycles. The van der Waals surface area contributed by atoms with Crippen molar-refractivity contribution in [1.29, 1.82) is 0 Å². The van der Waals surface area contributed by atoms with E-state index in [4.69, 9.17) is 5.11 Å². The van der Waals surface area contributed by atoms with Gasteiger partial charge in [-0.3, -0.25) is 9.59 Å². The Bertz CT molecular complexity index is 914. The van der Waals surface area contributed by atoms with E-state index in [1.54, 1.807) is 18.2 Å². The molecule has 0 aliphatic rings. The number of aryl methyl sites for hydroxylation is 2. The lowest BCUT2D eigenvalue weighted by Gasteiger charge is -2.19. The molecule has 2 aromatic rings. The molecule has 27 heavy (non-hydrogen) atoms. The summed E-state index contributed by atoms with van der Waals surface area (Å²) >= 11 is 0. The summed E-state index contributed by atoms with van der Waals surface area (Å²) in [7, 11) is 0. The SMILES string of the molecule is Cc1ccc(NC(=O)c2ccc(C(=O)O)c(C)n2)cc1NC(=O)C(C)(C)C. The van der Waals surface area contributed by atoms with E-state index in [1.165, 1.54) is 19.1 Å². The summed E-state index contributed by atoms with van der Waals surface area (Å²) in [6, 6.07) is 7.90. The third-order valence-corrected chi connectivity index (χ3v) is 3.97. The van der Waals surface area contributed by atoms with Gasteiger partial charge in [-0.2, -0.15) is 0 Å². The number of carboxylic acid groups (broad SMARTS) is 1. The first-order chi connectivity index (χ1) is 12.5. The first kappa shape index (κ1) is 20.1. The van der Waals surface area contributed by atoms with Crippen molar-refractivity contribution in [2.24, 2.45) is 5.41 Å². The Hall–Kier alpha value is -3.22. The van der Waals surface area contributed by atoms with Crippen LogP contribution in [0.3, 0.4) is 0 Å². The first-order valence-electron chi connectivity index (χ1n) is 8.43. The van der Waals surface area contributed by atoms with Gasteiger partial charge in [0.1, 0.15) is 5.69 Å². The van der Waals surface area contributed by atoms with E-state index in [1.807, 2.05) is 27.7 Å². The third-order valence-electron chi connectivity index (χ3n) is 3.97.